The third-order valence-corrected chi connectivity index (χ3v) is 8.63. The summed E-state index contributed by atoms with van der Waals surface area (Å²) in [6, 6.07) is -0.640. The van der Waals surface area contributed by atoms with E-state index in [9.17, 15) is 19.5 Å². The molecule has 31 heavy (non-hydrogen) atoms. The molecular weight excluding hydrogens is 480 g/mol. The molecule has 4 N–H and O–H groups in total. The van der Waals surface area contributed by atoms with Crippen LogP contribution < -0.4 is 11.1 Å². The van der Waals surface area contributed by atoms with Gasteiger partial charge in [0.2, 0.25) is 5.91 Å². The molecule has 1 aromatic heterocycles. The Morgan fingerprint density at radius 1 is 1.45 bits per heavy atom. The van der Waals surface area contributed by atoms with E-state index in [2.05, 4.69) is 10.3 Å². The number of carboxylic acid groups (broad SMARTS) is 1. The summed E-state index contributed by atoms with van der Waals surface area (Å²) >= 11 is 5.82. The van der Waals surface area contributed by atoms with E-state index in [4.69, 9.17) is 10.5 Å². The Morgan fingerprint density at radius 2 is 2.19 bits per heavy atom. The van der Waals surface area contributed by atoms with Crippen molar-refractivity contribution in [3.8, 4) is 0 Å². The second kappa shape index (κ2) is 10.0. The molecule has 0 spiro atoms. The Morgan fingerprint density at radius 3 is 2.87 bits per heavy atom. The van der Waals surface area contributed by atoms with Crippen LogP contribution in [-0.4, -0.2) is 68.0 Å². The number of nitrogens with zero attached hydrogens (tertiary/aromatic N) is 2. The standard InChI is InChI=1S/C18H24N4O5S4/c1-18(2,3)27-16(26)20-4-5-28-6-9-7-30-17(21-9)31-10-8-29-14-11(19)13(23)22(14)12(10)15(24)25/h7,11,14H,4-6,8,19H2,1-3H3,(H,20,26)(H,24,25)/t11-,14-/m1/s1. The first-order chi connectivity index (χ1) is 14.6. The number of alkyl carbamates (subject to hydrolysis) is 1. The average molecular weight is 505 g/mol. The number of aromatic nitrogens is 1. The summed E-state index contributed by atoms with van der Waals surface area (Å²) in [5.74, 6) is 0.382. The van der Waals surface area contributed by atoms with Crippen molar-refractivity contribution in [2.24, 2.45) is 5.73 Å². The number of carboxylic acids is 1. The Balaban J connectivity index is 1.49. The fourth-order valence-corrected chi connectivity index (χ4v) is 7.06. The van der Waals surface area contributed by atoms with Crippen LogP contribution in [0, 0.1) is 0 Å². The minimum Gasteiger partial charge on any atom is -0.477 e. The topological polar surface area (TPSA) is 135 Å². The summed E-state index contributed by atoms with van der Waals surface area (Å²) < 4.78 is 5.91. The van der Waals surface area contributed by atoms with Crippen LogP contribution >= 0.6 is 46.6 Å². The van der Waals surface area contributed by atoms with Crippen LogP contribution in [0.5, 0.6) is 0 Å². The molecule has 0 radical (unpaired) electrons. The molecule has 2 atom stereocenters. The highest BCUT2D eigenvalue weighted by molar-refractivity contribution is 8.07. The lowest BCUT2D eigenvalue weighted by Gasteiger charge is -2.47. The van der Waals surface area contributed by atoms with Gasteiger partial charge in [0.25, 0.3) is 0 Å². The molecule has 3 rings (SSSR count). The minimum atomic E-state index is -1.13. The summed E-state index contributed by atoms with van der Waals surface area (Å²) in [5, 5.41) is 13.9. The molecule has 0 saturated carbocycles. The summed E-state index contributed by atoms with van der Waals surface area (Å²) in [5.41, 5.74) is 6.15. The second-order valence-corrected chi connectivity index (χ2v) is 12.1. The number of fused-ring (bicyclic) bond motifs is 1. The lowest BCUT2D eigenvalue weighted by Crippen LogP contribution is -2.68. The van der Waals surface area contributed by atoms with Crippen LogP contribution in [0.1, 0.15) is 26.5 Å². The number of aliphatic carboxylic acids is 1. The largest absolute Gasteiger partial charge is 0.477 e. The third-order valence-electron chi connectivity index (χ3n) is 4.08. The number of carbonyl (C=O) groups is 3. The number of carbonyl (C=O) groups excluding carboxylic acids is 2. The van der Waals surface area contributed by atoms with Gasteiger partial charge in [-0.2, -0.15) is 11.8 Å². The zero-order valence-electron chi connectivity index (χ0n) is 17.2. The van der Waals surface area contributed by atoms with Gasteiger partial charge in [0, 0.05) is 34.1 Å². The van der Waals surface area contributed by atoms with Gasteiger partial charge < -0.3 is 20.9 Å². The molecule has 2 aliphatic heterocycles. The molecule has 1 aromatic rings. The average Bonchev–Trinajstić information content (AvgIpc) is 3.12. The van der Waals surface area contributed by atoms with Gasteiger partial charge in [-0.1, -0.05) is 11.8 Å². The molecule has 1 fully saturated rings. The third kappa shape index (κ3) is 6.09. The Hall–Kier alpha value is -1.41. The number of amides is 2. The molecule has 0 aromatic carbocycles. The summed E-state index contributed by atoms with van der Waals surface area (Å²) in [6.45, 7) is 5.94. The normalized spacial score (nSPS) is 20.9. The monoisotopic (exact) mass is 504 g/mol. The Labute approximate surface area is 196 Å². The van der Waals surface area contributed by atoms with Crippen molar-refractivity contribution in [3.05, 3.63) is 21.7 Å². The van der Waals surface area contributed by atoms with Crippen molar-refractivity contribution in [2.45, 2.75) is 47.9 Å². The fourth-order valence-electron chi connectivity index (χ4n) is 2.79. The number of nitrogens with two attached hydrogens (primary N) is 1. The first-order valence-corrected chi connectivity index (χ1v) is 13.3. The van der Waals surface area contributed by atoms with Gasteiger partial charge in [0.05, 0.1) is 5.69 Å². The van der Waals surface area contributed by atoms with E-state index in [-0.39, 0.29) is 17.0 Å². The molecule has 2 aliphatic rings. The number of ether oxygens (including phenoxy) is 1. The predicted molar refractivity (Wildman–Crippen MR) is 124 cm³/mol. The summed E-state index contributed by atoms with van der Waals surface area (Å²) in [4.78, 5) is 41.8. The van der Waals surface area contributed by atoms with Crippen molar-refractivity contribution in [3.63, 3.8) is 0 Å². The first-order valence-electron chi connectivity index (χ1n) is 9.40. The van der Waals surface area contributed by atoms with Crippen LogP contribution in [0.3, 0.4) is 0 Å². The smallest absolute Gasteiger partial charge is 0.407 e. The zero-order chi connectivity index (χ0) is 22.8. The number of rotatable bonds is 8. The van der Waals surface area contributed by atoms with Crippen LogP contribution in [0.15, 0.2) is 20.3 Å². The van der Waals surface area contributed by atoms with Gasteiger partial charge >= 0.3 is 12.1 Å². The molecule has 0 bridgehead atoms. The lowest BCUT2D eigenvalue weighted by molar-refractivity contribution is -0.147. The molecule has 0 aliphatic carbocycles. The zero-order valence-corrected chi connectivity index (χ0v) is 20.5. The number of nitrogens with one attached hydrogen (secondary N) is 1. The van der Waals surface area contributed by atoms with E-state index < -0.39 is 23.7 Å². The molecule has 13 heteroatoms. The van der Waals surface area contributed by atoms with Gasteiger partial charge in [0.15, 0.2) is 4.34 Å². The van der Waals surface area contributed by atoms with Crippen LogP contribution in [0.2, 0.25) is 0 Å². The second-order valence-electron chi connectivity index (χ2n) is 7.70. The SMILES string of the molecule is CC(C)(C)OC(=O)NCCSCc1csc(SC2=C(C(=O)O)N3C(=O)[C@@H](N)[C@H]3SC2)n1. The molecule has 170 valence electrons. The van der Waals surface area contributed by atoms with Crippen molar-refractivity contribution in [1.82, 2.24) is 15.2 Å². The maximum Gasteiger partial charge on any atom is 0.407 e. The number of β-lactam (4-membered cyclic amide) rings is 1. The predicted octanol–water partition coefficient (Wildman–Crippen LogP) is 2.53. The lowest BCUT2D eigenvalue weighted by atomic mass is 10.1. The van der Waals surface area contributed by atoms with Crippen molar-refractivity contribution >= 4 is 64.6 Å². The maximum atomic E-state index is 12.0. The van der Waals surface area contributed by atoms with Gasteiger partial charge in [-0.25, -0.2) is 14.6 Å². The highest BCUT2D eigenvalue weighted by atomic mass is 32.2. The van der Waals surface area contributed by atoms with E-state index in [0.29, 0.717) is 28.7 Å². The van der Waals surface area contributed by atoms with Crippen LogP contribution in [0.4, 0.5) is 4.79 Å². The van der Waals surface area contributed by atoms with Gasteiger partial charge in [0.1, 0.15) is 22.7 Å². The quantitative estimate of drug-likeness (QED) is 0.358. The van der Waals surface area contributed by atoms with E-state index in [1.165, 1.54) is 39.8 Å². The number of thiazole rings is 1. The summed E-state index contributed by atoms with van der Waals surface area (Å²) in [7, 11) is 0. The molecule has 3 heterocycles. The van der Waals surface area contributed by atoms with Crippen molar-refractivity contribution < 1.29 is 24.2 Å². The molecule has 0 unspecified atom stereocenters. The van der Waals surface area contributed by atoms with E-state index in [1.807, 2.05) is 26.2 Å². The minimum absolute atomic E-state index is 0.0137. The molecule has 9 nitrogen and oxygen atoms in total. The Kier molecular flexibility index (Phi) is 7.84. The number of hydrogen-bond acceptors (Lipinski definition) is 10. The van der Waals surface area contributed by atoms with Crippen molar-refractivity contribution in [2.75, 3.05) is 18.1 Å². The van der Waals surface area contributed by atoms with E-state index >= 15 is 0 Å². The summed E-state index contributed by atoms with van der Waals surface area (Å²) in [6.07, 6.45) is -0.433. The first kappa shape index (κ1) is 24.2. The van der Waals surface area contributed by atoms with E-state index in [1.54, 1.807) is 11.8 Å². The maximum absolute atomic E-state index is 12.0. The fraction of sp³-hybridized carbons (Fsp3) is 0.556. The van der Waals surface area contributed by atoms with E-state index in [0.717, 1.165) is 10.0 Å². The highest BCUT2D eigenvalue weighted by Gasteiger charge is 2.52. The van der Waals surface area contributed by atoms with Crippen LogP contribution in [0.25, 0.3) is 0 Å². The Bertz CT molecular complexity index is 898. The number of hydrogen-bond donors (Lipinski definition) is 3. The molecule has 2 amide bonds. The van der Waals surface area contributed by atoms with Gasteiger partial charge in [-0.05, 0) is 20.8 Å². The van der Waals surface area contributed by atoms with Gasteiger partial charge in [-0.3, -0.25) is 9.69 Å². The van der Waals surface area contributed by atoms with Gasteiger partial charge in [-0.15, -0.1) is 23.1 Å². The van der Waals surface area contributed by atoms with Crippen molar-refractivity contribution in [1.29, 1.82) is 0 Å². The highest BCUT2D eigenvalue weighted by Crippen LogP contribution is 2.45. The number of thioether (sulfide) groups is 3. The molecular formula is C18H24N4O5S4. The van der Waals surface area contributed by atoms with Crippen LogP contribution in [-0.2, 0) is 20.1 Å². The molecule has 1 saturated heterocycles.